The molecule has 0 saturated heterocycles. The van der Waals surface area contributed by atoms with E-state index in [1.54, 1.807) is 5.57 Å². The molecule has 0 unspecified atom stereocenters. The fourth-order valence-electron chi connectivity index (χ4n) is 4.73. The maximum Gasteiger partial charge on any atom is 0.139 e. The molecule has 3 aliphatic carbocycles. The second-order valence-corrected chi connectivity index (χ2v) is 7.33. The van der Waals surface area contributed by atoms with Gasteiger partial charge in [0.15, 0.2) is 0 Å². The Bertz CT molecular complexity index is 630. The number of carbonyl (C=O) groups excluding carboxylic acids is 1. The average Bonchev–Trinajstić information content (AvgIpc) is 2.74. The number of ketones is 1. The second-order valence-electron chi connectivity index (χ2n) is 6.81. The molecule has 4 rings (SSSR count). The summed E-state index contributed by atoms with van der Waals surface area (Å²) in [7, 11) is 0. The predicted molar refractivity (Wildman–Crippen MR) is 83.3 cm³/mol. The molecule has 1 aromatic carbocycles. The summed E-state index contributed by atoms with van der Waals surface area (Å²) in [6.07, 6.45) is 7.46. The largest absolute Gasteiger partial charge is 0.299 e. The van der Waals surface area contributed by atoms with E-state index >= 15 is 0 Å². The number of carbonyl (C=O) groups is 1. The van der Waals surface area contributed by atoms with Crippen molar-refractivity contribution >= 4 is 18.4 Å². The van der Waals surface area contributed by atoms with E-state index in [2.05, 4.69) is 43.8 Å². The number of hydrogen-bond donors (Lipinski definition) is 1. The van der Waals surface area contributed by atoms with Crippen LogP contribution in [0.15, 0.2) is 34.7 Å². The minimum absolute atomic E-state index is 0.0661. The van der Waals surface area contributed by atoms with Crippen LogP contribution in [0.5, 0.6) is 0 Å². The predicted octanol–water partition coefficient (Wildman–Crippen LogP) is 4.32. The lowest BCUT2D eigenvalue weighted by molar-refractivity contribution is -0.126. The van der Waals surface area contributed by atoms with Crippen LogP contribution in [0.3, 0.4) is 0 Å². The van der Waals surface area contributed by atoms with Gasteiger partial charge in [-0.05, 0) is 54.9 Å². The normalized spacial score (nSPS) is 35.1. The van der Waals surface area contributed by atoms with Gasteiger partial charge in [0.2, 0.25) is 0 Å². The van der Waals surface area contributed by atoms with Crippen molar-refractivity contribution in [1.82, 2.24) is 0 Å². The Balaban J connectivity index is 1.77. The molecule has 0 aliphatic heterocycles. The average molecular weight is 284 g/mol. The number of hydrogen-bond acceptors (Lipinski definition) is 2. The number of benzene rings is 1. The van der Waals surface area contributed by atoms with Crippen LogP contribution in [0.4, 0.5) is 0 Å². The van der Waals surface area contributed by atoms with Crippen LogP contribution in [0, 0.1) is 11.3 Å². The first kappa shape index (κ1) is 12.7. The van der Waals surface area contributed by atoms with Crippen molar-refractivity contribution in [3.8, 4) is 0 Å². The second kappa shape index (κ2) is 4.24. The van der Waals surface area contributed by atoms with Crippen LogP contribution < -0.4 is 0 Å². The van der Waals surface area contributed by atoms with Crippen LogP contribution in [-0.4, -0.2) is 5.78 Å². The molecule has 3 aliphatic rings. The summed E-state index contributed by atoms with van der Waals surface area (Å²) in [6, 6.07) is 6.58. The monoisotopic (exact) mass is 284 g/mol. The fraction of sp³-hybridized carbons (Fsp3) is 0.500. The van der Waals surface area contributed by atoms with E-state index in [-0.39, 0.29) is 5.41 Å². The van der Waals surface area contributed by atoms with Crippen molar-refractivity contribution in [2.75, 3.05) is 0 Å². The first-order valence-electron chi connectivity index (χ1n) is 7.64. The molecule has 0 amide bonds. The summed E-state index contributed by atoms with van der Waals surface area (Å²) in [4.78, 5) is 13.3. The van der Waals surface area contributed by atoms with Gasteiger partial charge in [-0.15, -0.1) is 12.6 Å². The third kappa shape index (κ3) is 1.60. The Morgan fingerprint density at radius 1 is 1.30 bits per heavy atom. The number of rotatable bonds is 0. The molecule has 0 aromatic heterocycles. The van der Waals surface area contributed by atoms with E-state index in [1.165, 1.54) is 11.1 Å². The fourth-order valence-corrected chi connectivity index (χ4v) is 4.96. The third-order valence-electron chi connectivity index (χ3n) is 5.88. The molecule has 2 fully saturated rings. The Kier molecular flexibility index (Phi) is 2.69. The van der Waals surface area contributed by atoms with E-state index in [9.17, 15) is 4.79 Å². The summed E-state index contributed by atoms with van der Waals surface area (Å²) in [5, 5.41) is 0. The molecular weight excluding hydrogens is 264 g/mol. The zero-order valence-corrected chi connectivity index (χ0v) is 12.7. The summed E-state index contributed by atoms with van der Waals surface area (Å²) in [5.74, 6) is 1.55. The molecule has 0 spiro atoms. The molecule has 0 N–H and O–H groups in total. The van der Waals surface area contributed by atoms with Crippen LogP contribution in [0.25, 0.3) is 0 Å². The highest BCUT2D eigenvalue weighted by Gasteiger charge is 2.51. The summed E-state index contributed by atoms with van der Waals surface area (Å²) >= 11 is 4.46. The van der Waals surface area contributed by atoms with Gasteiger partial charge < -0.3 is 0 Å². The van der Waals surface area contributed by atoms with Crippen LogP contribution in [0.2, 0.25) is 0 Å². The van der Waals surface area contributed by atoms with Crippen LogP contribution in [-0.2, 0) is 11.2 Å². The third-order valence-corrected chi connectivity index (χ3v) is 6.16. The van der Waals surface area contributed by atoms with E-state index < -0.39 is 0 Å². The maximum absolute atomic E-state index is 12.3. The minimum atomic E-state index is -0.0661. The number of thiol groups is 1. The van der Waals surface area contributed by atoms with Crippen molar-refractivity contribution in [2.24, 2.45) is 11.3 Å². The van der Waals surface area contributed by atoms with Gasteiger partial charge in [0.05, 0.1) is 0 Å². The van der Waals surface area contributed by atoms with Gasteiger partial charge in [-0.1, -0.05) is 24.6 Å². The van der Waals surface area contributed by atoms with E-state index in [0.717, 1.165) is 37.0 Å². The van der Waals surface area contributed by atoms with Crippen LogP contribution >= 0.6 is 12.6 Å². The lowest BCUT2D eigenvalue weighted by Gasteiger charge is -2.43. The van der Waals surface area contributed by atoms with Crippen LogP contribution in [0.1, 0.15) is 49.7 Å². The Hall–Kier alpha value is -1.02. The maximum atomic E-state index is 12.3. The first-order valence-corrected chi connectivity index (χ1v) is 8.09. The molecule has 2 saturated carbocycles. The molecule has 2 heteroatoms. The van der Waals surface area contributed by atoms with E-state index in [1.807, 2.05) is 0 Å². The van der Waals surface area contributed by atoms with Crippen molar-refractivity contribution in [1.29, 1.82) is 0 Å². The lowest BCUT2D eigenvalue weighted by Crippen LogP contribution is -2.37. The van der Waals surface area contributed by atoms with E-state index in [4.69, 9.17) is 0 Å². The quantitative estimate of drug-likeness (QED) is 0.554. The van der Waals surface area contributed by atoms with Gasteiger partial charge in [-0.3, -0.25) is 4.79 Å². The Morgan fingerprint density at radius 3 is 3.00 bits per heavy atom. The Labute approximate surface area is 125 Å². The number of fused-ring (bicyclic) bond motifs is 5. The Morgan fingerprint density at radius 2 is 2.15 bits per heavy atom. The van der Waals surface area contributed by atoms with Gasteiger partial charge in [-0.25, -0.2) is 0 Å². The van der Waals surface area contributed by atoms with E-state index in [0.29, 0.717) is 17.6 Å². The van der Waals surface area contributed by atoms with Gasteiger partial charge in [-0.2, -0.15) is 0 Å². The highest BCUT2D eigenvalue weighted by Crippen LogP contribution is 2.57. The highest BCUT2D eigenvalue weighted by atomic mass is 32.1. The molecular formula is C18H20OS. The molecule has 3 atom stereocenters. The zero-order valence-electron chi connectivity index (χ0n) is 11.9. The SMILES string of the molecule is C[C@]12CC[C@H]3C(=CCc4cc(S)ccc43)[C@@H]1CCC2=O. The highest BCUT2D eigenvalue weighted by molar-refractivity contribution is 7.80. The molecule has 104 valence electrons. The van der Waals surface area contributed by atoms with Gasteiger partial charge in [0, 0.05) is 22.6 Å². The lowest BCUT2D eigenvalue weighted by atomic mass is 9.60. The van der Waals surface area contributed by atoms with Crippen molar-refractivity contribution in [3.63, 3.8) is 0 Å². The molecule has 1 aromatic rings. The van der Waals surface area contributed by atoms with Crippen molar-refractivity contribution in [3.05, 3.63) is 41.0 Å². The molecule has 0 radical (unpaired) electrons. The summed E-state index contributed by atoms with van der Waals surface area (Å²) in [6.45, 7) is 2.20. The van der Waals surface area contributed by atoms with Gasteiger partial charge >= 0.3 is 0 Å². The van der Waals surface area contributed by atoms with Gasteiger partial charge in [0.1, 0.15) is 5.78 Å². The summed E-state index contributed by atoms with van der Waals surface area (Å²) < 4.78 is 0. The van der Waals surface area contributed by atoms with Gasteiger partial charge in [0.25, 0.3) is 0 Å². The topological polar surface area (TPSA) is 17.1 Å². The smallest absolute Gasteiger partial charge is 0.139 e. The standard InChI is InChI=1S/C18H20OS/c1-18-9-8-14-13-5-3-12(20)10-11(13)2-4-15(14)16(18)6-7-17(18)19/h3-5,10,14,16,20H,2,6-9H2,1H3/t14-,16+,18+/m1/s1. The summed E-state index contributed by atoms with van der Waals surface area (Å²) in [5.41, 5.74) is 4.41. The molecule has 0 bridgehead atoms. The number of Topliss-reactive ketones (excluding diaryl/α,β-unsaturated/α-hetero) is 1. The zero-order chi connectivity index (χ0) is 13.9. The van der Waals surface area contributed by atoms with Crippen molar-refractivity contribution < 1.29 is 4.79 Å². The number of allylic oxidation sites excluding steroid dienone is 2. The molecule has 20 heavy (non-hydrogen) atoms. The first-order chi connectivity index (χ1) is 9.59. The van der Waals surface area contributed by atoms with Crippen molar-refractivity contribution in [2.45, 2.75) is 49.8 Å². The molecule has 0 heterocycles. The minimum Gasteiger partial charge on any atom is -0.299 e. The molecule has 1 nitrogen and oxygen atoms in total.